The van der Waals surface area contributed by atoms with E-state index in [0.29, 0.717) is 0 Å². The van der Waals surface area contributed by atoms with Crippen LogP contribution in [0.15, 0.2) is 42.4 Å². The Morgan fingerprint density at radius 3 is 2.81 bits per heavy atom. The van der Waals surface area contributed by atoms with E-state index in [1.165, 1.54) is 0 Å². The lowest BCUT2D eigenvalue weighted by Gasteiger charge is -2.18. The summed E-state index contributed by atoms with van der Waals surface area (Å²) >= 11 is 0. The van der Waals surface area contributed by atoms with Crippen LogP contribution in [0.25, 0.3) is 22.6 Å². The highest BCUT2D eigenvalue weighted by molar-refractivity contribution is 5.96. The minimum Gasteiger partial charge on any atom is -0.452 e. The first-order chi connectivity index (χ1) is 20.9. The number of pyridine rings is 1. The molecule has 10 nitrogen and oxygen atoms in total. The molecule has 0 radical (unpaired) electrons. The smallest absolute Gasteiger partial charge is 0.413 e. The van der Waals surface area contributed by atoms with E-state index in [4.69, 9.17) is 32.0 Å². The Kier molecular flexibility index (Phi) is 2.24. The summed E-state index contributed by atoms with van der Waals surface area (Å²) in [5.41, 5.74) is 8.31. The van der Waals surface area contributed by atoms with Crippen LogP contribution in [0.4, 0.5) is 26.5 Å². The molecule has 0 bridgehead atoms. The quantitative estimate of drug-likeness (QED) is 0.496. The second-order valence-corrected chi connectivity index (χ2v) is 5.60. The third kappa shape index (κ3) is 3.56. The van der Waals surface area contributed by atoms with E-state index >= 15 is 4.39 Å². The number of carbonyl (C=O) groups excluding carboxylic acids is 1. The Bertz CT molecular complexity index is 1880. The number of hydrogen-bond donors (Lipinski definition) is 2. The minimum atomic E-state index is -3.46. The van der Waals surface area contributed by atoms with E-state index in [1.54, 1.807) is 0 Å². The zero-order chi connectivity index (χ0) is 35.0. The van der Waals surface area contributed by atoms with Gasteiger partial charge in [0.1, 0.15) is 17.2 Å². The van der Waals surface area contributed by atoms with Gasteiger partial charge in [-0.3, -0.25) is 4.90 Å². The summed E-state index contributed by atoms with van der Waals surface area (Å²) in [4.78, 5) is 23.8. The van der Waals surface area contributed by atoms with Crippen molar-refractivity contribution in [2.75, 3.05) is 30.4 Å². The van der Waals surface area contributed by atoms with Gasteiger partial charge in [-0.05, 0) is 18.1 Å². The van der Waals surface area contributed by atoms with Crippen LogP contribution < -0.4 is 16.4 Å². The van der Waals surface area contributed by atoms with Crippen molar-refractivity contribution in [3.05, 3.63) is 53.8 Å². The van der Waals surface area contributed by atoms with Crippen LogP contribution in [0.1, 0.15) is 26.1 Å². The molecule has 4 rings (SSSR count). The second-order valence-electron chi connectivity index (χ2n) is 5.60. The summed E-state index contributed by atoms with van der Waals surface area (Å²) in [6, 6.07) is -5.96. The molecule has 1 amide bonds. The predicted molar refractivity (Wildman–Crippen MR) is 114 cm³/mol. The first kappa shape index (κ1) is 8.84. The number of methoxy groups -OCH3 is 1. The molecule has 31 heavy (non-hydrogen) atoms. The number of aromatic nitrogens is 5. The molecule has 0 aliphatic heterocycles. The largest absolute Gasteiger partial charge is 0.452 e. The molecule has 4 N–H and O–H groups in total. The van der Waals surface area contributed by atoms with Gasteiger partial charge in [0, 0.05) is 22.8 Å². The van der Waals surface area contributed by atoms with Crippen LogP contribution in [0.3, 0.4) is 0 Å². The number of ether oxygens (including phenoxy) is 1. The van der Waals surface area contributed by atoms with E-state index in [0.717, 1.165) is 0 Å². The number of benzene rings is 1. The molecule has 1 aromatic carbocycles. The Labute approximate surface area is 197 Å². The van der Waals surface area contributed by atoms with Crippen LogP contribution in [0, 0.1) is 5.82 Å². The number of nitrogen functional groups attached to an aromatic ring is 2. The summed E-state index contributed by atoms with van der Waals surface area (Å²) < 4.78 is 137. The van der Waals surface area contributed by atoms with E-state index in [2.05, 4.69) is 24.8 Å². The van der Waals surface area contributed by atoms with Crippen LogP contribution in [0.5, 0.6) is 0 Å². The van der Waals surface area contributed by atoms with Gasteiger partial charge in [0.25, 0.3) is 0 Å². The topological polar surface area (TPSA) is 138 Å². The maximum atomic E-state index is 15.2. The number of anilines is 3. The van der Waals surface area contributed by atoms with Gasteiger partial charge < -0.3 is 16.2 Å². The predicted octanol–water partition coefficient (Wildman–Crippen LogP) is 2.44. The summed E-state index contributed by atoms with van der Waals surface area (Å²) in [7, 11) is -3.39. The number of amides is 1. The number of rotatable bonds is 4. The lowest BCUT2D eigenvalue weighted by Crippen LogP contribution is -2.28. The molecule has 0 aliphatic carbocycles. The number of halogens is 1. The highest BCUT2D eigenvalue weighted by Crippen LogP contribution is 2.32. The van der Waals surface area contributed by atoms with E-state index in [-0.39, 0.29) is 9.58 Å². The highest BCUT2D eigenvalue weighted by Gasteiger charge is 2.23. The van der Waals surface area contributed by atoms with Crippen LogP contribution in [-0.4, -0.2) is 44.8 Å². The fourth-order valence-electron chi connectivity index (χ4n) is 2.48. The molecular formula is C20H19FN8O2. The fraction of sp³-hybridized carbons (Fsp3) is 0.150. The molecule has 0 saturated heterocycles. The van der Waals surface area contributed by atoms with Gasteiger partial charge in [0.05, 0.1) is 35.4 Å². The number of hydrogen-bond acceptors (Lipinski definition) is 8. The summed E-state index contributed by atoms with van der Waals surface area (Å²) in [5.74, 6) is -4.19. The van der Waals surface area contributed by atoms with Gasteiger partial charge in [-0.15, -0.1) is 0 Å². The van der Waals surface area contributed by atoms with Gasteiger partial charge >= 0.3 is 6.09 Å². The van der Waals surface area contributed by atoms with Gasteiger partial charge in [-0.2, -0.15) is 5.10 Å². The molecule has 0 unspecified atom stereocenters. The van der Waals surface area contributed by atoms with Crippen molar-refractivity contribution in [2.24, 2.45) is 0 Å². The zero-order valence-electron chi connectivity index (χ0n) is 30.0. The molecule has 158 valence electrons. The molecule has 4 aromatic rings. The van der Waals surface area contributed by atoms with Crippen molar-refractivity contribution in [1.29, 1.82) is 0 Å². The van der Waals surface area contributed by atoms with Crippen LogP contribution >= 0.6 is 0 Å². The minimum absolute atomic E-state index is 0.208. The maximum absolute atomic E-state index is 15.2. The SMILES string of the molecule is [2H]c1nc2c(c(-c3nc(N)c(N(C(=O)OC([2H])([2H])[2H])C([2H])([2H])[2H])c(N)n3)nn2C([2H])([2H])c2c([2H])c([2H])c([2H])c([2H])c2F)c([2H])c1[2H]. The molecule has 0 saturated carbocycles. The van der Waals surface area contributed by atoms with E-state index in [1.807, 2.05) is 0 Å². The first-order valence-corrected chi connectivity index (χ1v) is 8.01. The molecule has 0 spiro atoms. The summed E-state index contributed by atoms with van der Waals surface area (Å²) in [5, 5.41) is 3.40. The average Bonchev–Trinajstić information content (AvgIpc) is 3.29. The first-order valence-electron chi connectivity index (χ1n) is 15.5. The van der Waals surface area contributed by atoms with E-state index < -0.39 is 120 Å². The second kappa shape index (κ2) is 7.86. The summed E-state index contributed by atoms with van der Waals surface area (Å²) in [6.45, 7) is -6.79. The zero-order valence-corrected chi connectivity index (χ0v) is 15.0. The number of nitrogens with two attached hydrogens (primary N) is 2. The van der Waals surface area contributed by atoms with Crippen molar-refractivity contribution in [3.8, 4) is 11.5 Å². The Morgan fingerprint density at radius 2 is 2.06 bits per heavy atom. The molecule has 11 heteroatoms. The van der Waals surface area contributed by atoms with Crippen molar-refractivity contribution >= 4 is 34.4 Å². The van der Waals surface area contributed by atoms with Crippen molar-refractivity contribution in [3.63, 3.8) is 0 Å². The molecular weight excluding hydrogens is 403 g/mol. The van der Waals surface area contributed by atoms with Gasteiger partial charge in [-0.1, -0.05) is 18.1 Å². The third-order valence-corrected chi connectivity index (χ3v) is 3.77. The van der Waals surface area contributed by atoms with Crippen molar-refractivity contribution in [2.45, 2.75) is 6.50 Å². The van der Waals surface area contributed by atoms with Crippen LogP contribution in [0.2, 0.25) is 0 Å². The maximum Gasteiger partial charge on any atom is 0.413 e. The van der Waals surface area contributed by atoms with Gasteiger partial charge in [-0.25, -0.2) is 28.8 Å². The van der Waals surface area contributed by atoms with Crippen molar-refractivity contribution in [1.82, 2.24) is 24.7 Å². The fourth-order valence-corrected chi connectivity index (χ4v) is 2.48. The van der Waals surface area contributed by atoms with Crippen LogP contribution in [-0.2, 0) is 11.2 Å². The number of fused-ring (bicyclic) bond motifs is 1. The van der Waals surface area contributed by atoms with E-state index in [9.17, 15) is 4.79 Å². The Morgan fingerprint density at radius 1 is 1.29 bits per heavy atom. The molecule has 3 aromatic heterocycles. The van der Waals surface area contributed by atoms with Gasteiger partial charge in [0.15, 0.2) is 23.1 Å². The lowest BCUT2D eigenvalue weighted by atomic mass is 10.2. The van der Waals surface area contributed by atoms with Gasteiger partial charge in [0.2, 0.25) is 0 Å². The molecule has 3 heterocycles. The highest BCUT2D eigenvalue weighted by atomic mass is 19.1. The molecule has 0 atom stereocenters. The lowest BCUT2D eigenvalue weighted by molar-refractivity contribution is 0.180. The number of carbonyl (C=O) groups is 1. The molecule has 0 aliphatic rings. The van der Waals surface area contributed by atoms with Crippen molar-refractivity contribution < 1.29 is 34.5 Å². The monoisotopic (exact) mass is 437 g/mol. The normalized spacial score (nSPS) is 19.2. The number of nitrogens with zero attached hydrogens (tertiary/aromatic N) is 6. The Balaban J connectivity index is 2.04. The average molecular weight is 438 g/mol. The third-order valence-electron chi connectivity index (χ3n) is 3.77. The molecule has 0 fully saturated rings. The standard InChI is InChI=1S/C20H19FN8O2/c1-28(20(30)31-2)15-16(22)25-18(26-17(15)23)14-12-7-5-9-24-19(12)29(27-14)10-11-6-3-4-8-13(11)21/h3-9H,10H2,1-2H3,(H4,22,23,25,26)/i1D3,2D3,3D,4D,5D,6D,7D,8D,9D,10D2. The Hall–Kier alpha value is -4.28. The summed E-state index contributed by atoms with van der Waals surface area (Å²) in [6.07, 6.45) is -2.81.